The Hall–Kier alpha value is -0.910. The van der Waals surface area contributed by atoms with Crippen LogP contribution >= 0.6 is 0 Å². The van der Waals surface area contributed by atoms with Gasteiger partial charge in [-0.25, -0.2) is 0 Å². The van der Waals surface area contributed by atoms with Crippen molar-refractivity contribution in [3.05, 3.63) is 12.2 Å². The topological polar surface area (TPSA) is 65.0 Å². The van der Waals surface area contributed by atoms with Gasteiger partial charge in [0.1, 0.15) is 6.79 Å². The molecule has 0 radical (unpaired) electrons. The fourth-order valence-electron chi connectivity index (χ4n) is 1.74. The molecule has 1 N–H and O–H groups in total. The van der Waals surface area contributed by atoms with E-state index >= 15 is 0 Å². The molecule has 0 heterocycles. The zero-order chi connectivity index (χ0) is 12.0. The summed E-state index contributed by atoms with van der Waals surface area (Å²) in [6.45, 7) is 1.82. The molecule has 0 spiro atoms. The standard InChI is InChI=1S/C11H18O5/c1-8(13)15-6-10-9(5-12)3-4-11(10)16-7-14-2/h3-4,9-12H,5-7H2,1-2H3/t9-,10+,11-/m0/s1. The fraction of sp³-hybridized carbons (Fsp3) is 0.727. The van der Waals surface area contributed by atoms with E-state index in [1.807, 2.05) is 12.2 Å². The monoisotopic (exact) mass is 230 g/mol. The molecule has 0 saturated carbocycles. The lowest BCUT2D eigenvalue weighted by molar-refractivity contribution is -0.145. The molecule has 0 aromatic rings. The highest BCUT2D eigenvalue weighted by Crippen LogP contribution is 2.28. The quantitative estimate of drug-likeness (QED) is 0.405. The second-order valence-corrected chi connectivity index (χ2v) is 3.74. The van der Waals surface area contributed by atoms with Crippen LogP contribution in [0.5, 0.6) is 0 Å². The maximum absolute atomic E-state index is 10.7. The van der Waals surface area contributed by atoms with E-state index in [9.17, 15) is 4.79 Å². The summed E-state index contributed by atoms with van der Waals surface area (Å²) in [7, 11) is 1.54. The van der Waals surface area contributed by atoms with E-state index in [2.05, 4.69) is 0 Å². The number of aliphatic hydroxyl groups excluding tert-OH is 1. The predicted molar refractivity (Wildman–Crippen MR) is 56.6 cm³/mol. The first-order valence-corrected chi connectivity index (χ1v) is 5.22. The molecule has 0 fully saturated rings. The number of carbonyl (C=O) groups excluding carboxylic acids is 1. The lowest BCUT2D eigenvalue weighted by Gasteiger charge is -2.23. The summed E-state index contributed by atoms with van der Waals surface area (Å²) in [6.07, 6.45) is 3.58. The number of hydrogen-bond acceptors (Lipinski definition) is 5. The van der Waals surface area contributed by atoms with Gasteiger partial charge >= 0.3 is 5.97 Å². The van der Waals surface area contributed by atoms with Crippen LogP contribution in [0.25, 0.3) is 0 Å². The van der Waals surface area contributed by atoms with Crippen molar-refractivity contribution in [1.82, 2.24) is 0 Å². The van der Waals surface area contributed by atoms with Gasteiger partial charge in [0.2, 0.25) is 0 Å². The second kappa shape index (κ2) is 6.62. The van der Waals surface area contributed by atoms with Crippen LogP contribution < -0.4 is 0 Å². The average molecular weight is 230 g/mol. The van der Waals surface area contributed by atoms with Crippen molar-refractivity contribution < 1.29 is 24.1 Å². The normalized spacial score (nSPS) is 28.3. The third-order valence-electron chi connectivity index (χ3n) is 2.59. The van der Waals surface area contributed by atoms with Gasteiger partial charge in [-0.3, -0.25) is 4.79 Å². The van der Waals surface area contributed by atoms with E-state index in [0.29, 0.717) is 0 Å². The number of methoxy groups -OCH3 is 1. The minimum absolute atomic E-state index is 0.0231. The van der Waals surface area contributed by atoms with Crippen molar-refractivity contribution in [3.8, 4) is 0 Å². The molecule has 16 heavy (non-hydrogen) atoms. The molecule has 5 nitrogen and oxygen atoms in total. The zero-order valence-electron chi connectivity index (χ0n) is 9.59. The van der Waals surface area contributed by atoms with Crippen molar-refractivity contribution >= 4 is 5.97 Å². The van der Waals surface area contributed by atoms with Crippen LogP contribution in [-0.4, -0.2) is 44.3 Å². The van der Waals surface area contributed by atoms with Crippen LogP contribution in [0, 0.1) is 11.8 Å². The first-order chi connectivity index (χ1) is 7.69. The number of rotatable bonds is 6. The Morgan fingerprint density at radius 3 is 2.75 bits per heavy atom. The number of carbonyl (C=O) groups is 1. The molecular formula is C11H18O5. The Kier molecular flexibility index (Phi) is 5.45. The Morgan fingerprint density at radius 2 is 2.19 bits per heavy atom. The maximum Gasteiger partial charge on any atom is 0.302 e. The Balaban J connectivity index is 2.48. The van der Waals surface area contributed by atoms with Gasteiger partial charge in [-0.15, -0.1) is 0 Å². The van der Waals surface area contributed by atoms with Crippen LogP contribution in [0.1, 0.15) is 6.92 Å². The van der Waals surface area contributed by atoms with Gasteiger partial charge < -0.3 is 19.3 Å². The fourth-order valence-corrected chi connectivity index (χ4v) is 1.74. The molecule has 92 valence electrons. The SMILES string of the molecule is COCO[C@H]1C=C[C@@H](CO)[C@H]1COC(C)=O. The van der Waals surface area contributed by atoms with E-state index < -0.39 is 0 Å². The van der Waals surface area contributed by atoms with E-state index in [0.717, 1.165) is 0 Å². The smallest absolute Gasteiger partial charge is 0.302 e. The molecule has 5 heteroatoms. The van der Waals surface area contributed by atoms with Crippen LogP contribution in [0.3, 0.4) is 0 Å². The number of aliphatic hydroxyl groups is 1. The molecule has 1 aliphatic carbocycles. The van der Waals surface area contributed by atoms with Crippen molar-refractivity contribution in [1.29, 1.82) is 0 Å². The van der Waals surface area contributed by atoms with Crippen molar-refractivity contribution in [2.75, 3.05) is 27.1 Å². The summed E-state index contributed by atoms with van der Waals surface area (Å²) >= 11 is 0. The summed E-state index contributed by atoms with van der Waals surface area (Å²) in [4.78, 5) is 10.7. The van der Waals surface area contributed by atoms with E-state index in [-0.39, 0.29) is 43.9 Å². The lowest BCUT2D eigenvalue weighted by atomic mass is 9.95. The summed E-state index contributed by atoms with van der Waals surface area (Å²) in [5, 5.41) is 9.17. The first-order valence-electron chi connectivity index (χ1n) is 5.22. The third kappa shape index (κ3) is 3.59. The van der Waals surface area contributed by atoms with E-state index in [4.69, 9.17) is 19.3 Å². The summed E-state index contributed by atoms with van der Waals surface area (Å²) in [5.41, 5.74) is 0. The Morgan fingerprint density at radius 1 is 1.44 bits per heavy atom. The summed E-state index contributed by atoms with van der Waals surface area (Å²) in [6, 6.07) is 0. The zero-order valence-corrected chi connectivity index (χ0v) is 9.59. The van der Waals surface area contributed by atoms with E-state index in [1.54, 1.807) is 7.11 Å². The lowest BCUT2D eigenvalue weighted by Crippen LogP contribution is -2.30. The van der Waals surface area contributed by atoms with Crippen LogP contribution in [0.4, 0.5) is 0 Å². The van der Waals surface area contributed by atoms with Gasteiger partial charge in [-0.05, 0) is 0 Å². The highest BCUT2D eigenvalue weighted by Gasteiger charge is 2.32. The molecule has 3 atom stereocenters. The third-order valence-corrected chi connectivity index (χ3v) is 2.59. The number of hydrogen-bond donors (Lipinski definition) is 1. The van der Waals surface area contributed by atoms with Gasteiger partial charge in [-0.1, -0.05) is 12.2 Å². The van der Waals surface area contributed by atoms with Crippen molar-refractivity contribution in [3.63, 3.8) is 0 Å². The van der Waals surface area contributed by atoms with Crippen LogP contribution in [-0.2, 0) is 19.0 Å². The molecule has 0 saturated heterocycles. The van der Waals surface area contributed by atoms with Crippen LogP contribution in [0.2, 0.25) is 0 Å². The molecule has 0 unspecified atom stereocenters. The molecule has 0 amide bonds. The Labute approximate surface area is 95.0 Å². The molecular weight excluding hydrogens is 212 g/mol. The van der Waals surface area contributed by atoms with Gasteiger partial charge in [-0.2, -0.15) is 0 Å². The highest BCUT2D eigenvalue weighted by molar-refractivity contribution is 5.65. The first kappa shape index (κ1) is 13.2. The predicted octanol–water partition coefficient (Wildman–Crippen LogP) is 0.333. The Bertz CT molecular complexity index is 251. The number of esters is 1. The summed E-state index contributed by atoms with van der Waals surface area (Å²) in [5.74, 6) is -0.390. The number of ether oxygens (including phenoxy) is 3. The van der Waals surface area contributed by atoms with Crippen molar-refractivity contribution in [2.24, 2.45) is 11.8 Å². The van der Waals surface area contributed by atoms with Gasteiger partial charge in [0.05, 0.1) is 12.7 Å². The van der Waals surface area contributed by atoms with Crippen molar-refractivity contribution in [2.45, 2.75) is 13.0 Å². The van der Waals surface area contributed by atoms with Gasteiger partial charge in [0.25, 0.3) is 0 Å². The molecule has 0 aliphatic heterocycles. The highest BCUT2D eigenvalue weighted by atomic mass is 16.7. The average Bonchev–Trinajstić information content (AvgIpc) is 2.65. The van der Waals surface area contributed by atoms with E-state index in [1.165, 1.54) is 6.92 Å². The van der Waals surface area contributed by atoms with Gasteiger partial charge in [0, 0.05) is 32.5 Å². The summed E-state index contributed by atoms with van der Waals surface area (Å²) < 4.78 is 15.2. The van der Waals surface area contributed by atoms with Crippen LogP contribution in [0.15, 0.2) is 12.2 Å². The van der Waals surface area contributed by atoms with Gasteiger partial charge in [0.15, 0.2) is 0 Å². The second-order valence-electron chi connectivity index (χ2n) is 3.74. The molecule has 0 aromatic heterocycles. The largest absolute Gasteiger partial charge is 0.465 e. The molecule has 0 aromatic carbocycles. The maximum atomic E-state index is 10.7. The molecule has 1 aliphatic rings. The molecule has 1 rings (SSSR count). The minimum atomic E-state index is -0.325. The minimum Gasteiger partial charge on any atom is -0.465 e. The molecule has 0 bridgehead atoms.